The molecule has 11 heteroatoms. The topological polar surface area (TPSA) is 93.3 Å². The van der Waals surface area contributed by atoms with E-state index in [0.717, 1.165) is 16.9 Å². The van der Waals surface area contributed by atoms with Crippen LogP contribution in [0.25, 0.3) is 22.4 Å². The predicted molar refractivity (Wildman–Crippen MR) is 102 cm³/mol. The summed E-state index contributed by atoms with van der Waals surface area (Å²) in [6.07, 6.45) is -4.64. The van der Waals surface area contributed by atoms with Gasteiger partial charge in [0.2, 0.25) is 0 Å². The first-order valence-corrected chi connectivity index (χ1v) is 10.5. The Hall–Kier alpha value is -2.13. The minimum absolute atomic E-state index is 0.0102. The van der Waals surface area contributed by atoms with Crippen LogP contribution in [0.5, 0.6) is 0 Å². The highest BCUT2D eigenvalue weighted by molar-refractivity contribution is 7.52. The van der Waals surface area contributed by atoms with Crippen molar-refractivity contribution in [2.24, 2.45) is 0 Å². The van der Waals surface area contributed by atoms with E-state index in [1.165, 1.54) is 6.07 Å². The maximum Gasteiger partial charge on any atom is 0.416 e. The van der Waals surface area contributed by atoms with Gasteiger partial charge in [0.25, 0.3) is 7.57 Å². The third kappa shape index (κ3) is 3.40. The third-order valence-corrected chi connectivity index (χ3v) is 6.55. The van der Waals surface area contributed by atoms with Gasteiger partial charge in [-0.3, -0.25) is 0 Å². The first-order chi connectivity index (χ1) is 13.6. The lowest BCUT2D eigenvalue weighted by Crippen LogP contribution is -2.24. The van der Waals surface area contributed by atoms with Gasteiger partial charge in [0.05, 0.1) is 34.8 Å². The second-order valence-corrected chi connectivity index (χ2v) is 8.07. The second kappa shape index (κ2) is 7.60. The van der Waals surface area contributed by atoms with Gasteiger partial charge in [0, 0.05) is 5.39 Å². The highest BCUT2D eigenvalue weighted by Crippen LogP contribution is 2.55. The zero-order valence-corrected chi connectivity index (χ0v) is 16.8. The SMILES string of the molecule is CCOn1c2c(c(=P(O)(OCC)OCC)c3cc(C(F)(F)F)ccc31)C(O)=C2O. The first kappa shape index (κ1) is 21.6. The molecule has 1 aliphatic rings. The molecule has 0 radical (unpaired) electrons. The molecule has 1 heterocycles. The molecule has 0 fully saturated rings. The molecule has 3 N–H and O–H groups in total. The lowest BCUT2D eigenvalue weighted by molar-refractivity contribution is -0.137. The molecule has 0 saturated heterocycles. The van der Waals surface area contributed by atoms with Gasteiger partial charge in [-0.15, -0.1) is 0 Å². The minimum atomic E-state index is -4.64. The number of benzene rings is 1. The Bertz CT molecular complexity index is 1080. The molecule has 1 aromatic heterocycles. The number of aliphatic hydroxyl groups excluding tert-OH is 2. The number of aromatic nitrogens is 1. The molecule has 160 valence electrons. The van der Waals surface area contributed by atoms with E-state index in [9.17, 15) is 28.3 Å². The van der Waals surface area contributed by atoms with Crippen molar-refractivity contribution in [2.75, 3.05) is 19.8 Å². The number of aliphatic hydroxyl groups is 2. The summed E-state index contributed by atoms with van der Waals surface area (Å²) in [5, 5.41) is 20.4. The molecular weight excluding hydrogens is 414 g/mol. The molecule has 0 bridgehead atoms. The molecule has 0 spiro atoms. The quantitative estimate of drug-likeness (QED) is 0.569. The van der Waals surface area contributed by atoms with Crippen molar-refractivity contribution in [1.29, 1.82) is 0 Å². The van der Waals surface area contributed by atoms with Gasteiger partial charge in [-0.05, 0) is 39.0 Å². The smallest absolute Gasteiger partial charge is 0.416 e. The standard InChI is InChI=1S/C18H21F3NO6P/c1-4-26-22-12-8-7-10(18(19,20)21)9-11(12)17(13-14(22)16(24)15(13)23)29(25,27-5-2)28-6-3/h7-9,23-25H,4-6H2,1-3H3. The number of pyridine rings is 1. The highest BCUT2D eigenvalue weighted by Gasteiger charge is 2.38. The van der Waals surface area contributed by atoms with E-state index < -0.39 is 30.8 Å². The molecule has 1 aliphatic carbocycles. The number of alkyl halides is 3. The highest BCUT2D eigenvalue weighted by atomic mass is 31.2. The van der Waals surface area contributed by atoms with Gasteiger partial charge in [0.15, 0.2) is 11.5 Å². The predicted octanol–water partition coefficient (Wildman–Crippen LogP) is 4.72. The number of nitrogens with zero attached hydrogens (tertiary/aromatic N) is 1. The van der Waals surface area contributed by atoms with Crippen LogP contribution in [0.1, 0.15) is 37.6 Å². The summed E-state index contributed by atoms with van der Waals surface area (Å²) in [6, 6.07) is 2.88. The number of fused-ring (bicyclic) bond motifs is 2. The minimum Gasteiger partial charge on any atom is -0.504 e. The van der Waals surface area contributed by atoms with E-state index in [-0.39, 0.29) is 46.9 Å². The molecule has 29 heavy (non-hydrogen) atoms. The van der Waals surface area contributed by atoms with Crippen molar-refractivity contribution in [3.8, 4) is 0 Å². The Morgan fingerprint density at radius 3 is 2.14 bits per heavy atom. The molecule has 0 aliphatic heterocycles. The Labute approximate surface area is 164 Å². The van der Waals surface area contributed by atoms with E-state index >= 15 is 0 Å². The lowest BCUT2D eigenvalue weighted by Gasteiger charge is -2.29. The van der Waals surface area contributed by atoms with Crippen LogP contribution in [0.4, 0.5) is 13.2 Å². The lowest BCUT2D eigenvalue weighted by atomic mass is 9.96. The van der Waals surface area contributed by atoms with Gasteiger partial charge in [-0.1, -0.05) is 0 Å². The van der Waals surface area contributed by atoms with Gasteiger partial charge in [-0.25, -0.2) is 0 Å². The number of hydrogen-bond acceptors (Lipinski definition) is 6. The van der Waals surface area contributed by atoms with Gasteiger partial charge >= 0.3 is 6.18 Å². The molecule has 0 saturated carbocycles. The van der Waals surface area contributed by atoms with E-state index in [4.69, 9.17) is 13.9 Å². The van der Waals surface area contributed by atoms with Crippen LogP contribution in [0.15, 0.2) is 18.2 Å². The zero-order chi connectivity index (χ0) is 21.6. The van der Waals surface area contributed by atoms with Crippen LogP contribution in [-0.4, -0.2) is 39.7 Å². The van der Waals surface area contributed by atoms with Crippen LogP contribution in [0.2, 0.25) is 0 Å². The van der Waals surface area contributed by atoms with Gasteiger partial charge in [0.1, 0.15) is 12.3 Å². The van der Waals surface area contributed by atoms with Gasteiger partial charge in [-0.2, -0.15) is 17.9 Å². The molecule has 1 aromatic carbocycles. The number of rotatable bonds is 6. The monoisotopic (exact) mass is 435 g/mol. The van der Waals surface area contributed by atoms with Crippen LogP contribution in [0, 0.1) is 4.94 Å². The number of hydrogen-bond donors (Lipinski definition) is 3. The third-order valence-electron chi connectivity index (χ3n) is 4.31. The Kier molecular flexibility index (Phi) is 5.66. The molecule has 0 amide bonds. The van der Waals surface area contributed by atoms with Crippen LogP contribution in [-0.2, 0) is 15.2 Å². The van der Waals surface area contributed by atoms with Crippen molar-refractivity contribution in [1.82, 2.24) is 4.73 Å². The van der Waals surface area contributed by atoms with E-state index in [1.807, 2.05) is 0 Å². The Morgan fingerprint density at radius 2 is 1.62 bits per heavy atom. The maximum atomic E-state index is 13.4. The first-order valence-electron chi connectivity index (χ1n) is 8.91. The normalized spacial score (nSPS) is 14.2. The summed E-state index contributed by atoms with van der Waals surface area (Å²) in [4.78, 5) is 16.5. The Morgan fingerprint density at radius 1 is 1.00 bits per heavy atom. The maximum absolute atomic E-state index is 13.4. The molecule has 0 atom stereocenters. The summed E-state index contributed by atoms with van der Waals surface area (Å²) in [5.74, 6) is -1.09. The average Bonchev–Trinajstić information content (AvgIpc) is 2.66. The fourth-order valence-electron chi connectivity index (χ4n) is 3.23. The van der Waals surface area contributed by atoms with Crippen molar-refractivity contribution in [3.63, 3.8) is 0 Å². The summed E-state index contributed by atoms with van der Waals surface area (Å²) in [6.45, 7) is 5.00. The molecule has 3 rings (SSSR count). The fourth-order valence-corrected chi connectivity index (χ4v) is 5.24. The average molecular weight is 435 g/mol. The second-order valence-electron chi connectivity index (χ2n) is 6.07. The van der Waals surface area contributed by atoms with Crippen LogP contribution in [0.3, 0.4) is 0 Å². The molecule has 0 unspecified atom stereocenters. The summed E-state index contributed by atoms with van der Waals surface area (Å²) >= 11 is 0. The van der Waals surface area contributed by atoms with Crippen molar-refractivity contribution in [3.05, 3.63) is 40.0 Å². The van der Waals surface area contributed by atoms with Crippen molar-refractivity contribution in [2.45, 2.75) is 26.9 Å². The summed E-state index contributed by atoms with van der Waals surface area (Å²) in [5.41, 5.74) is -0.865. The van der Waals surface area contributed by atoms with Crippen LogP contribution >= 0.6 is 7.57 Å². The van der Waals surface area contributed by atoms with Crippen molar-refractivity contribution < 1.29 is 42.2 Å². The molecule has 7 nitrogen and oxygen atoms in total. The fraction of sp³-hybridized carbons (Fsp3) is 0.389. The van der Waals surface area contributed by atoms with E-state index in [1.54, 1.807) is 20.8 Å². The van der Waals surface area contributed by atoms with E-state index in [0.29, 0.717) is 0 Å². The Balaban J connectivity index is 2.62. The van der Waals surface area contributed by atoms with Crippen molar-refractivity contribution >= 4 is 30.0 Å². The largest absolute Gasteiger partial charge is 0.504 e. The molecule has 2 aromatic rings. The van der Waals surface area contributed by atoms with Crippen LogP contribution < -0.4 is 4.84 Å². The number of halogens is 3. The molecular formula is C18H21F3NO6P. The summed E-state index contributed by atoms with van der Waals surface area (Å²) < 4.78 is 52.1. The zero-order valence-electron chi connectivity index (χ0n) is 15.9. The summed E-state index contributed by atoms with van der Waals surface area (Å²) in [7, 11) is -3.90. The van der Waals surface area contributed by atoms with E-state index in [2.05, 4.69) is 0 Å². The van der Waals surface area contributed by atoms with Gasteiger partial charge < -0.3 is 29.0 Å².